The first-order valence-electron chi connectivity index (χ1n) is 5.21. The van der Waals surface area contributed by atoms with E-state index in [1.807, 2.05) is 13.0 Å². The van der Waals surface area contributed by atoms with Crippen molar-refractivity contribution in [2.45, 2.75) is 25.7 Å². The van der Waals surface area contributed by atoms with Gasteiger partial charge in [0.05, 0.1) is 0 Å². The smallest absolute Gasteiger partial charge is 0.123 e. The second kappa shape index (κ2) is 3.96. The van der Waals surface area contributed by atoms with E-state index in [0.717, 1.165) is 18.8 Å². The van der Waals surface area contributed by atoms with Crippen LogP contribution in [-0.2, 0) is 0 Å². The average Bonchev–Trinajstić information content (AvgIpc) is 2.19. The number of anilines is 1. The Hall–Kier alpha value is -1.09. The number of aromatic nitrogens is 1. The van der Waals surface area contributed by atoms with Gasteiger partial charge in [0.15, 0.2) is 0 Å². The molecule has 2 heterocycles. The van der Waals surface area contributed by atoms with Gasteiger partial charge in [-0.2, -0.15) is 0 Å². The summed E-state index contributed by atoms with van der Waals surface area (Å²) < 4.78 is 0. The normalized spacial score (nSPS) is 18.4. The van der Waals surface area contributed by atoms with Crippen LogP contribution in [0, 0.1) is 6.92 Å². The Labute approximate surface area is 84.7 Å². The standard InChI is InChI=1S/C11H17N3/c1-8-10(2-3-11(12)14-8)9-4-6-13-7-5-9/h2-3,9,13H,4-7H2,1H3,(H2,12,14). The fourth-order valence-electron chi connectivity index (χ4n) is 2.16. The molecule has 0 unspecified atom stereocenters. The van der Waals surface area contributed by atoms with Crippen LogP contribution in [0.25, 0.3) is 0 Å². The Kier molecular flexibility index (Phi) is 2.68. The summed E-state index contributed by atoms with van der Waals surface area (Å²) in [7, 11) is 0. The maximum atomic E-state index is 5.63. The third-order valence-corrected chi connectivity index (χ3v) is 2.93. The Morgan fingerprint density at radius 3 is 2.71 bits per heavy atom. The summed E-state index contributed by atoms with van der Waals surface area (Å²) in [4.78, 5) is 4.31. The molecule has 0 aromatic carbocycles. The van der Waals surface area contributed by atoms with Gasteiger partial charge in [-0.3, -0.25) is 0 Å². The van der Waals surface area contributed by atoms with Gasteiger partial charge >= 0.3 is 0 Å². The van der Waals surface area contributed by atoms with Crippen LogP contribution in [0.4, 0.5) is 5.82 Å². The van der Waals surface area contributed by atoms with Crippen LogP contribution in [0.15, 0.2) is 12.1 Å². The van der Waals surface area contributed by atoms with E-state index in [1.165, 1.54) is 18.4 Å². The lowest BCUT2D eigenvalue weighted by Crippen LogP contribution is -2.27. The summed E-state index contributed by atoms with van der Waals surface area (Å²) in [6.45, 7) is 4.29. The van der Waals surface area contributed by atoms with Gasteiger partial charge in [0.25, 0.3) is 0 Å². The molecule has 2 rings (SSSR count). The van der Waals surface area contributed by atoms with Crippen molar-refractivity contribution in [3.05, 3.63) is 23.4 Å². The zero-order valence-corrected chi connectivity index (χ0v) is 8.59. The number of rotatable bonds is 1. The highest BCUT2D eigenvalue weighted by Gasteiger charge is 2.17. The maximum Gasteiger partial charge on any atom is 0.123 e. The second-order valence-electron chi connectivity index (χ2n) is 3.94. The van der Waals surface area contributed by atoms with E-state index in [2.05, 4.69) is 16.4 Å². The first-order chi connectivity index (χ1) is 6.77. The molecule has 1 saturated heterocycles. The number of nitrogens with zero attached hydrogens (tertiary/aromatic N) is 1. The first kappa shape index (κ1) is 9.46. The van der Waals surface area contributed by atoms with Crippen LogP contribution in [-0.4, -0.2) is 18.1 Å². The number of nitrogens with one attached hydrogen (secondary N) is 1. The third-order valence-electron chi connectivity index (χ3n) is 2.93. The minimum Gasteiger partial charge on any atom is -0.384 e. The minimum absolute atomic E-state index is 0.625. The SMILES string of the molecule is Cc1nc(N)ccc1C1CCNCC1. The molecule has 1 aromatic rings. The van der Waals surface area contributed by atoms with E-state index >= 15 is 0 Å². The van der Waals surface area contributed by atoms with Crippen molar-refractivity contribution < 1.29 is 0 Å². The predicted octanol–water partition coefficient (Wildman–Crippen LogP) is 1.44. The fourth-order valence-corrected chi connectivity index (χ4v) is 2.16. The Morgan fingerprint density at radius 2 is 2.07 bits per heavy atom. The molecule has 14 heavy (non-hydrogen) atoms. The zero-order chi connectivity index (χ0) is 9.97. The number of nitrogen functional groups attached to an aromatic ring is 1. The summed E-state index contributed by atoms with van der Waals surface area (Å²) in [5, 5.41) is 3.37. The van der Waals surface area contributed by atoms with Crippen LogP contribution in [0.2, 0.25) is 0 Å². The summed E-state index contributed by atoms with van der Waals surface area (Å²) in [6, 6.07) is 4.04. The van der Waals surface area contributed by atoms with Crippen molar-refractivity contribution >= 4 is 5.82 Å². The molecule has 3 N–H and O–H groups in total. The number of pyridine rings is 1. The lowest BCUT2D eigenvalue weighted by Gasteiger charge is -2.24. The van der Waals surface area contributed by atoms with Gasteiger partial charge in [-0.25, -0.2) is 4.98 Å². The van der Waals surface area contributed by atoms with Crippen molar-refractivity contribution in [2.75, 3.05) is 18.8 Å². The quantitative estimate of drug-likeness (QED) is 0.706. The van der Waals surface area contributed by atoms with Crippen LogP contribution in [0.3, 0.4) is 0 Å². The number of nitrogens with two attached hydrogens (primary N) is 1. The molecule has 3 nitrogen and oxygen atoms in total. The van der Waals surface area contributed by atoms with E-state index in [0.29, 0.717) is 11.7 Å². The molecule has 1 aliphatic rings. The third kappa shape index (κ3) is 1.87. The predicted molar refractivity (Wildman–Crippen MR) is 58.2 cm³/mol. The van der Waals surface area contributed by atoms with Gasteiger partial charge in [0.2, 0.25) is 0 Å². The number of hydrogen-bond acceptors (Lipinski definition) is 3. The van der Waals surface area contributed by atoms with E-state index in [1.54, 1.807) is 0 Å². The Bertz CT molecular complexity index is 316. The van der Waals surface area contributed by atoms with Crippen molar-refractivity contribution in [2.24, 2.45) is 0 Å². The van der Waals surface area contributed by atoms with Gasteiger partial charge in [-0.1, -0.05) is 6.07 Å². The molecule has 0 amide bonds. The van der Waals surface area contributed by atoms with Gasteiger partial charge in [-0.15, -0.1) is 0 Å². The highest BCUT2D eigenvalue weighted by molar-refractivity contribution is 5.35. The molecule has 0 aliphatic carbocycles. The molecule has 76 valence electrons. The topological polar surface area (TPSA) is 50.9 Å². The summed E-state index contributed by atoms with van der Waals surface area (Å²) in [6.07, 6.45) is 2.43. The monoisotopic (exact) mass is 191 g/mol. The van der Waals surface area contributed by atoms with Gasteiger partial charge in [-0.05, 0) is 50.4 Å². The molecule has 0 bridgehead atoms. The molecule has 0 radical (unpaired) electrons. The number of hydrogen-bond donors (Lipinski definition) is 2. The van der Waals surface area contributed by atoms with E-state index in [4.69, 9.17) is 5.73 Å². The molecule has 1 aromatic heterocycles. The van der Waals surface area contributed by atoms with E-state index in [9.17, 15) is 0 Å². The molecule has 1 fully saturated rings. The van der Waals surface area contributed by atoms with Crippen LogP contribution < -0.4 is 11.1 Å². The molecule has 1 aliphatic heterocycles. The maximum absolute atomic E-state index is 5.63. The highest BCUT2D eigenvalue weighted by Crippen LogP contribution is 2.27. The van der Waals surface area contributed by atoms with Crippen LogP contribution in [0.1, 0.15) is 30.0 Å². The molecular weight excluding hydrogens is 174 g/mol. The van der Waals surface area contributed by atoms with Gasteiger partial charge in [0.1, 0.15) is 5.82 Å². The van der Waals surface area contributed by atoms with Gasteiger partial charge in [0, 0.05) is 5.69 Å². The van der Waals surface area contributed by atoms with Crippen molar-refractivity contribution in [3.8, 4) is 0 Å². The molecule has 0 atom stereocenters. The van der Waals surface area contributed by atoms with Crippen LogP contribution in [0.5, 0.6) is 0 Å². The highest BCUT2D eigenvalue weighted by atomic mass is 14.9. The van der Waals surface area contributed by atoms with Crippen molar-refractivity contribution in [1.82, 2.24) is 10.3 Å². The summed E-state index contributed by atoms with van der Waals surface area (Å²) >= 11 is 0. The fraction of sp³-hybridized carbons (Fsp3) is 0.545. The van der Waals surface area contributed by atoms with Crippen LogP contribution >= 0.6 is 0 Å². The zero-order valence-electron chi connectivity index (χ0n) is 8.59. The molecular formula is C11H17N3. The van der Waals surface area contributed by atoms with Crippen molar-refractivity contribution in [3.63, 3.8) is 0 Å². The van der Waals surface area contributed by atoms with Crippen molar-refractivity contribution in [1.29, 1.82) is 0 Å². The van der Waals surface area contributed by atoms with E-state index < -0.39 is 0 Å². The first-order valence-corrected chi connectivity index (χ1v) is 5.21. The average molecular weight is 191 g/mol. The van der Waals surface area contributed by atoms with E-state index in [-0.39, 0.29) is 0 Å². The number of piperidine rings is 1. The number of aryl methyl sites for hydroxylation is 1. The van der Waals surface area contributed by atoms with Gasteiger partial charge < -0.3 is 11.1 Å². The second-order valence-corrected chi connectivity index (χ2v) is 3.94. The molecule has 0 saturated carbocycles. The summed E-state index contributed by atoms with van der Waals surface area (Å²) in [5.74, 6) is 1.30. The Morgan fingerprint density at radius 1 is 1.36 bits per heavy atom. The Balaban J connectivity index is 2.22. The lowest BCUT2D eigenvalue weighted by molar-refractivity contribution is 0.458. The molecule has 3 heteroatoms. The largest absolute Gasteiger partial charge is 0.384 e. The minimum atomic E-state index is 0.625. The molecule has 0 spiro atoms. The lowest BCUT2D eigenvalue weighted by atomic mass is 9.89. The summed E-state index contributed by atoms with van der Waals surface area (Å²) in [5.41, 5.74) is 8.10.